The lowest BCUT2D eigenvalue weighted by Crippen LogP contribution is -2.38. The maximum atomic E-state index is 6.30. The Morgan fingerprint density at radius 1 is 1.38 bits per heavy atom. The summed E-state index contributed by atoms with van der Waals surface area (Å²) in [6.07, 6.45) is 0. The van der Waals surface area contributed by atoms with Gasteiger partial charge in [-0.05, 0) is 38.3 Å². The Hall–Kier alpha value is -0.340. The molecule has 0 spiro atoms. The minimum absolute atomic E-state index is 0.186. The summed E-state index contributed by atoms with van der Waals surface area (Å²) in [6.45, 7) is 10.8. The molecule has 0 amide bonds. The first-order chi connectivity index (χ1) is 5.85. The number of aryl methyl sites for hydroxylation is 2. The highest BCUT2D eigenvalue weighted by molar-refractivity contribution is 7.12. The van der Waals surface area contributed by atoms with Gasteiger partial charge in [-0.15, -0.1) is 11.3 Å². The minimum Gasteiger partial charge on any atom is -0.321 e. The second-order valence-electron chi connectivity index (χ2n) is 4.26. The van der Waals surface area contributed by atoms with Crippen LogP contribution in [0.5, 0.6) is 0 Å². The van der Waals surface area contributed by atoms with Crippen LogP contribution in [0.3, 0.4) is 0 Å². The summed E-state index contributed by atoms with van der Waals surface area (Å²) >= 11 is 1.83. The van der Waals surface area contributed by atoms with E-state index in [4.69, 9.17) is 5.73 Å². The Bertz CT molecular complexity index is 297. The molecule has 0 radical (unpaired) electrons. The molecular weight excluding hydrogens is 178 g/mol. The van der Waals surface area contributed by atoms with Crippen LogP contribution in [-0.4, -0.2) is 0 Å². The summed E-state index contributed by atoms with van der Waals surface area (Å²) in [5, 5.41) is 0. The number of nitrogens with two attached hydrogens (primary N) is 1. The van der Waals surface area contributed by atoms with Crippen molar-refractivity contribution in [2.24, 2.45) is 11.7 Å². The fraction of sp³-hybridized carbons (Fsp3) is 0.636. The maximum Gasteiger partial charge on any atom is 0.0415 e. The molecule has 0 saturated heterocycles. The van der Waals surface area contributed by atoms with E-state index in [9.17, 15) is 0 Å². The van der Waals surface area contributed by atoms with E-state index in [-0.39, 0.29) is 5.54 Å². The van der Waals surface area contributed by atoms with Crippen LogP contribution in [0.25, 0.3) is 0 Å². The third-order valence-electron chi connectivity index (χ3n) is 2.82. The lowest BCUT2D eigenvalue weighted by molar-refractivity contribution is 0.350. The maximum absolute atomic E-state index is 6.30. The van der Waals surface area contributed by atoms with Gasteiger partial charge in [0, 0.05) is 15.3 Å². The third kappa shape index (κ3) is 1.94. The highest BCUT2D eigenvalue weighted by Gasteiger charge is 2.27. The normalized spacial score (nSPS) is 16.2. The van der Waals surface area contributed by atoms with E-state index in [1.54, 1.807) is 0 Å². The van der Waals surface area contributed by atoms with Crippen molar-refractivity contribution < 1.29 is 0 Å². The van der Waals surface area contributed by atoms with Gasteiger partial charge in [0.25, 0.3) is 0 Å². The lowest BCUT2D eigenvalue weighted by Gasteiger charge is -2.29. The van der Waals surface area contributed by atoms with Crippen LogP contribution in [0.4, 0.5) is 0 Å². The lowest BCUT2D eigenvalue weighted by atomic mass is 9.83. The van der Waals surface area contributed by atoms with Crippen molar-refractivity contribution in [3.05, 3.63) is 21.4 Å². The van der Waals surface area contributed by atoms with Crippen LogP contribution in [0.1, 0.15) is 36.1 Å². The van der Waals surface area contributed by atoms with E-state index in [1.807, 2.05) is 11.3 Å². The molecule has 0 saturated carbocycles. The molecule has 1 aromatic rings. The molecule has 0 aliphatic carbocycles. The average molecular weight is 197 g/mol. The fourth-order valence-corrected chi connectivity index (χ4v) is 2.53. The molecule has 1 heterocycles. The predicted octanol–water partition coefficient (Wildman–Crippen LogP) is 3.19. The van der Waals surface area contributed by atoms with E-state index in [0.29, 0.717) is 5.92 Å². The second kappa shape index (κ2) is 3.43. The highest BCUT2D eigenvalue weighted by Crippen LogP contribution is 2.33. The Morgan fingerprint density at radius 2 is 1.92 bits per heavy atom. The van der Waals surface area contributed by atoms with Crippen LogP contribution < -0.4 is 5.73 Å². The summed E-state index contributed by atoms with van der Waals surface area (Å²) in [5.74, 6) is 0.472. The Kier molecular flexibility index (Phi) is 2.83. The van der Waals surface area contributed by atoms with E-state index in [0.717, 1.165) is 0 Å². The molecule has 0 unspecified atom stereocenters. The molecule has 1 rings (SSSR count). The zero-order valence-electron chi connectivity index (χ0n) is 9.14. The van der Waals surface area contributed by atoms with Crippen LogP contribution in [0.15, 0.2) is 6.07 Å². The zero-order chi connectivity index (χ0) is 10.2. The molecule has 2 heteroatoms. The summed E-state index contributed by atoms with van der Waals surface area (Å²) < 4.78 is 0. The molecule has 0 bridgehead atoms. The predicted molar refractivity (Wildman–Crippen MR) is 60.2 cm³/mol. The summed E-state index contributed by atoms with van der Waals surface area (Å²) in [5.41, 5.74) is 7.43. The van der Waals surface area contributed by atoms with E-state index < -0.39 is 0 Å². The SMILES string of the molecule is Cc1cc([C@@](C)(N)C(C)C)c(C)s1. The van der Waals surface area contributed by atoms with Crippen LogP contribution in [0.2, 0.25) is 0 Å². The largest absolute Gasteiger partial charge is 0.321 e. The summed E-state index contributed by atoms with van der Waals surface area (Å²) in [4.78, 5) is 2.71. The Labute approximate surface area is 85.0 Å². The van der Waals surface area contributed by atoms with Gasteiger partial charge in [0.15, 0.2) is 0 Å². The number of hydrogen-bond donors (Lipinski definition) is 1. The van der Waals surface area contributed by atoms with Gasteiger partial charge in [-0.2, -0.15) is 0 Å². The molecule has 1 aromatic heterocycles. The van der Waals surface area contributed by atoms with Gasteiger partial charge in [0.2, 0.25) is 0 Å². The van der Waals surface area contributed by atoms with E-state index in [2.05, 4.69) is 40.7 Å². The molecule has 1 atom stereocenters. The van der Waals surface area contributed by atoms with Crippen molar-refractivity contribution in [1.82, 2.24) is 0 Å². The highest BCUT2D eigenvalue weighted by atomic mass is 32.1. The monoisotopic (exact) mass is 197 g/mol. The molecule has 0 aliphatic heterocycles. The molecule has 2 N–H and O–H groups in total. The molecule has 74 valence electrons. The van der Waals surface area contributed by atoms with Crippen molar-refractivity contribution >= 4 is 11.3 Å². The Balaban J connectivity index is 3.13. The topological polar surface area (TPSA) is 26.0 Å². The number of hydrogen-bond acceptors (Lipinski definition) is 2. The van der Waals surface area contributed by atoms with E-state index >= 15 is 0 Å². The fourth-order valence-electron chi connectivity index (χ4n) is 1.48. The summed E-state index contributed by atoms with van der Waals surface area (Å²) in [7, 11) is 0. The number of rotatable bonds is 2. The minimum atomic E-state index is -0.186. The van der Waals surface area contributed by atoms with Crippen molar-refractivity contribution in [3.8, 4) is 0 Å². The van der Waals surface area contributed by atoms with Gasteiger partial charge in [-0.3, -0.25) is 0 Å². The first-order valence-electron chi connectivity index (χ1n) is 4.72. The average Bonchev–Trinajstić information content (AvgIpc) is 2.30. The molecule has 1 nitrogen and oxygen atoms in total. The van der Waals surface area contributed by atoms with Crippen molar-refractivity contribution in [3.63, 3.8) is 0 Å². The first kappa shape index (κ1) is 10.7. The van der Waals surface area contributed by atoms with Crippen molar-refractivity contribution in [2.75, 3.05) is 0 Å². The zero-order valence-corrected chi connectivity index (χ0v) is 9.96. The third-order valence-corrected chi connectivity index (χ3v) is 3.79. The van der Waals surface area contributed by atoms with Crippen molar-refractivity contribution in [1.29, 1.82) is 0 Å². The van der Waals surface area contributed by atoms with Crippen LogP contribution in [0, 0.1) is 19.8 Å². The van der Waals surface area contributed by atoms with Gasteiger partial charge in [-0.25, -0.2) is 0 Å². The van der Waals surface area contributed by atoms with Crippen LogP contribution >= 0.6 is 11.3 Å². The van der Waals surface area contributed by atoms with Gasteiger partial charge >= 0.3 is 0 Å². The van der Waals surface area contributed by atoms with Gasteiger partial charge in [-0.1, -0.05) is 13.8 Å². The standard InChI is InChI=1S/C11H19NS/c1-7(2)11(5,12)10-6-8(3)13-9(10)4/h6-7H,12H2,1-5H3/t11-/m0/s1. The van der Waals surface area contributed by atoms with Crippen LogP contribution in [-0.2, 0) is 5.54 Å². The first-order valence-corrected chi connectivity index (χ1v) is 5.53. The van der Waals surface area contributed by atoms with Crippen molar-refractivity contribution in [2.45, 2.75) is 40.2 Å². The smallest absolute Gasteiger partial charge is 0.0415 e. The Morgan fingerprint density at radius 3 is 2.23 bits per heavy atom. The molecule has 0 fully saturated rings. The molecule has 13 heavy (non-hydrogen) atoms. The molecule has 0 aromatic carbocycles. The van der Waals surface area contributed by atoms with Gasteiger partial charge in [0.05, 0.1) is 0 Å². The van der Waals surface area contributed by atoms with Gasteiger partial charge in [0.1, 0.15) is 0 Å². The quantitative estimate of drug-likeness (QED) is 0.774. The van der Waals surface area contributed by atoms with E-state index in [1.165, 1.54) is 15.3 Å². The second-order valence-corrected chi connectivity index (χ2v) is 5.72. The summed E-state index contributed by atoms with van der Waals surface area (Å²) in [6, 6.07) is 2.22. The van der Waals surface area contributed by atoms with Gasteiger partial charge < -0.3 is 5.73 Å². The number of thiophene rings is 1. The molecule has 0 aliphatic rings. The molecular formula is C11H19NS.